The monoisotopic (exact) mass is 482 g/mol. The summed E-state index contributed by atoms with van der Waals surface area (Å²) >= 11 is 0. The van der Waals surface area contributed by atoms with Gasteiger partial charge in [0.2, 0.25) is 17.7 Å². The van der Waals surface area contributed by atoms with Crippen LogP contribution in [0.4, 0.5) is 0 Å². The van der Waals surface area contributed by atoms with Gasteiger partial charge in [0, 0.05) is 6.42 Å². The molecule has 5 atom stereocenters. The Morgan fingerprint density at radius 3 is 1.94 bits per heavy atom. The zero-order valence-electron chi connectivity index (χ0n) is 19.4. The molecule has 0 saturated carbocycles. The van der Waals surface area contributed by atoms with E-state index >= 15 is 0 Å². The summed E-state index contributed by atoms with van der Waals surface area (Å²) in [6, 6.07) is 0.410. The minimum absolute atomic E-state index is 0.00719. The molecule has 0 heterocycles. The third kappa shape index (κ3) is 9.33. The molecule has 3 amide bonds. The van der Waals surface area contributed by atoms with E-state index in [1.807, 2.05) is 13.8 Å². The van der Waals surface area contributed by atoms with Crippen molar-refractivity contribution < 1.29 is 39.6 Å². The van der Waals surface area contributed by atoms with Crippen LogP contribution in [-0.4, -0.2) is 81.0 Å². The van der Waals surface area contributed by atoms with E-state index < -0.39 is 60.6 Å². The molecular formula is C22H34N4O8. The number of carboxylic acid groups (broad SMARTS) is 1. The molecule has 0 bridgehead atoms. The van der Waals surface area contributed by atoms with Crippen LogP contribution in [0.25, 0.3) is 0 Å². The first-order chi connectivity index (χ1) is 15.8. The number of aromatic hydroxyl groups is 1. The van der Waals surface area contributed by atoms with Gasteiger partial charge in [0.15, 0.2) is 0 Å². The fourth-order valence-corrected chi connectivity index (χ4v) is 3.08. The highest BCUT2D eigenvalue weighted by Gasteiger charge is 2.32. The van der Waals surface area contributed by atoms with E-state index in [0.29, 0.717) is 12.0 Å². The van der Waals surface area contributed by atoms with Crippen LogP contribution in [0.3, 0.4) is 0 Å². The zero-order chi connectivity index (χ0) is 26.0. The van der Waals surface area contributed by atoms with Crippen molar-refractivity contribution in [3.05, 3.63) is 29.8 Å². The van der Waals surface area contributed by atoms with Crippen LogP contribution in [0.15, 0.2) is 24.3 Å². The van der Waals surface area contributed by atoms with E-state index in [0.717, 1.165) is 0 Å². The molecule has 0 aliphatic rings. The second kappa shape index (κ2) is 13.5. The molecule has 9 N–H and O–H groups in total. The quantitative estimate of drug-likeness (QED) is 0.159. The van der Waals surface area contributed by atoms with Gasteiger partial charge in [-0.25, -0.2) is 4.79 Å². The molecule has 0 aromatic heterocycles. The molecule has 12 nitrogen and oxygen atoms in total. The van der Waals surface area contributed by atoms with Gasteiger partial charge in [-0.3, -0.25) is 14.4 Å². The van der Waals surface area contributed by atoms with Crippen LogP contribution < -0.4 is 21.7 Å². The lowest BCUT2D eigenvalue weighted by molar-refractivity contribution is -0.143. The van der Waals surface area contributed by atoms with E-state index in [4.69, 9.17) is 5.73 Å². The van der Waals surface area contributed by atoms with Crippen molar-refractivity contribution in [3.8, 4) is 5.75 Å². The number of phenolic OH excluding ortho intramolecular Hbond substituents is 1. The number of carbonyl (C=O) groups excluding carboxylic acids is 3. The van der Waals surface area contributed by atoms with Gasteiger partial charge in [-0.2, -0.15) is 0 Å². The van der Waals surface area contributed by atoms with Crippen molar-refractivity contribution in [1.29, 1.82) is 0 Å². The van der Waals surface area contributed by atoms with Gasteiger partial charge < -0.3 is 42.1 Å². The Labute approximate surface area is 197 Å². The lowest BCUT2D eigenvalue weighted by Crippen LogP contribution is -2.60. The molecule has 34 heavy (non-hydrogen) atoms. The molecule has 0 spiro atoms. The average Bonchev–Trinajstić information content (AvgIpc) is 2.75. The normalized spacial score (nSPS) is 15.5. The highest BCUT2D eigenvalue weighted by molar-refractivity contribution is 5.94. The molecule has 0 saturated heterocycles. The summed E-state index contributed by atoms with van der Waals surface area (Å²) in [5.74, 6) is -3.84. The van der Waals surface area contributed by atoms with Crippen LogP contribution in [0.2, 0.25) is 0 Å². The number of hydrogen-bond donors (Lipinski definition) is 8. The van der Waals surface area contributed by atoms with Crippen LogP contribution in [0, 0.1) is 5.92 Å². The van der Waals surface area contributed by atoms with Crippen LogP contribution in [-0.2, 0) is 25.6 Å². The van der Waals surface area contributed by atoms with Crippen molar-refractivity contribution in [3.63, 3.8) is 0 Å². The van der Waals surface area contributed by atoms with Crippen LogP contribution in [0.1, 0.15) is 32.8 Å². The molecule has 1 aromatic carbocycles. The topological polar surface area (TPSA) is 211 Å². The van der Waals surface area contributed by atoms with Gasteiger partial charge in [-0.05, 0) is 37.0 Å². The summed E-state index contributed by atoms with van der Waals surface area (Å²) in [5.41, 5.74) is 6.29. The third-order valence-electron chi connectivity index (χ3n) is 4.93. The number of carbonyl (C=O) groups is 4. The number of phenols is 1. The van der Waals surface area contributed by atoms with Crippen LogP contribution >= 0.6 is 0 Å². The van der Waals surface area contributed by atoms with Crippen molar-refractivity contribution >= 4 is 23.7 Å². The highest BCUT2D eigenvalue weighted by atomic mass is 16.4. The number of aliphatic hydroxyl groups excluding tert-OH is 2. The molecule has 5 unspecified atom stereocenters. The van der Waals surface area contributed by atoms with E-state index in [1.165, 1.54) is 31.2 Å². The fourth-order valence-electron chi connectivity index (χ4n) is 3.08. The number of nitrogens with one attached hydrogen (secondary N) is 3. The van der Waals surface area contributed by atoms with Crippen molar-refractivity contribution in [1.82, 2.24) is 16.0 Å². The van der Waals surface area contributed by atoms with Gasteiger partial charge in [0.05, 0.1) is 18.8 Å². The first-order valence-corrected chi connectivity index (χ1v) is 10.8. The maximum absolute atomic E-state index is 12.7. The standard InChI is InChI=1S/C22H34N4O8/c1-11(2)8-15(23)19(30)25-17(10-27)20(31)26-18(12(3)28)21(32)24-16(22(33)34)9-13-4-6-14(29)7-5-13/h4-7,11-12,15-18,27-29H,8-10,23H2,1-3H3,(H,24,32)(H,25,30)(H,26,31)(H,33,34). The first-order valence-electron chi connectivity index (χ1n) is 10.8. The van der Waals surface area contributed by atoms with Crippen molar-refractivity contribution in [2.75, 3.05) is 6.61 Å². The molecule has 1 aromatic rings. The Hall–Kier alpha value is -3.22. The number of aliphatic carboxylic acids is 1. The number of nitrogens with two attached hydrogens (primary N) is 1. The molecule has 0 fully saturated rings. The Morgan fingerprint density at radius 2 is 1.47 bits per heavy atom. The number of carboxylic acids is 1. The zero-order valence-corrected chi connectivity index (χ0v) is 19.4. The molecular weight excluding hydrogens is 448 g/mol. The summed E-state index contributed by atoms with van der Waals surface area (Å²) < 4.78 is 0. The largest absolute Gasteiger partial charge is 0.508 e. The second-order valence-electron chi connectivity index (χ2n) is 8.48. The number of aliphatic hydroxyl groups is 2. The van der Waals surface area contributed by atoms with Gasteiger partial charge >= 0.3 is 5.97 Å². The minimum atomic E-state index is -1.57. The Kier molecular flexibility index (Phi) is 11.4. The number of rotatable bonds is 13. The maximum Gasteiger partial charge on any atom is 0.326 e. The van der Waals surface area contributed by atoms with Crippen LogP contribution in [0.5, 0.6) is 5.75 Å². The molecule has 1 rings (SSSR count). The van der Waals surface area contributed by atoms with E-state index in [1.54, 1.807) is 0 Å². The third-order valence-corrected chi connectivity index (χ3v) is 4.93. The van der Waals surface area contributed by atoms with E-state index in [9.17, 15) is 39.6 Å². The molecule has 190 valence electrons. The first kappa shape index (κ1) is 28.8. The molecule has 0 aliphatic heterocycles. The number of benzene rings is 1. The Bertz CT molecular complexity index is 844. The van der Waals surface area contributed by atoms with E-state index in [2.05, 4.69) is 16.0 Å². The smallest absolute Gasteiger partial charge is 0.326 e. The summed E-state index contributed by atoms with van der Waals surface area (Å²) in [5, 5.41) is 45.1. The van der Waals surface area contributed by atoms with Gasteiger partial charge in [0.25, 0.3) is 0 Å². The molecule has 0 radical (unpaired) electrons. The predicted molar refractivity (Wildman–Crippen MR) is 121 cm³/mol. The fraction of sp³-hybridized carbons (Fsp3) is 0.545. The summed E-state index contributed by atoms with van der Waals surface area (Å²) in [7, 11) is 0. The highest BCUT2D eigenvalue weighted by Crippen LogP contribution is 2.12. The summed E-state index contributed by atoms with van der Waals surface area (Å²) in [6.45, 7) is 4.15. The Morgan fingerprint density at radius 1 is 0.912 bits per heavy atom. The second-order valence-corrected chi connectivity index (χ2v) is 8.48. The van der Waals surface area contributed by atoms with Crippen molar-refractivity contribution in [2.24, 2.45) is 11.7 Å². The Balaban J connectivity index is 2.86. The molecule has 12 heteroatoms. The summed E-state index contributed by atoms with van der Waals surface area (Å²) in [4.78, 5) is 49.1. The van der Waals surface area contributed by atoms with Gasteiger partial charge in [-0.1, -0.05) is 26.0 Å². The number of amides is 3. The lowest BCUT2D eigenvalue weighted by atomic mass is 10.0. The lowest BCUT2D eigenvalue weighted by Gasteiger charge is -2.26. The molecule has 0 aliphatic carbocycles. The SMILES string of the molecule is CC(C)CC(N)C(=O)NC(CO)C(=O)NC(C(=O)NC(Cc1ccc(O)cc1)C(=O)O)C(C)O. The van der Waals surface area contributed by atoms with Gasteiger partial charge in [-0.15, -0.1) is 0 Å². The average molecular weight is 483 g/mol. The predicted octanol–water partition coefficient (Wildman–Crippen LogP) is -1.78. The van der Waals surface area contributed by atoms with Crippen molar-refractivity contribution in [2.45, 2.75) is 63.9 Å². The number of hydrogen-bond acceptors (Lipinski definition) is 8. The van der Waals surface area contributed by atoms with E-state index in [-0.39, 0.29) is 18.1 Å². The minimum Gasteiger partial charge on any atom is -0.508 e. The van der Waals surface area contributed by atoms with Gasteiger partial charge in [0.1, 0.15) is 23.9 Å². The summed E-state index contributed by atoms with van der Waals surface area (Å²) in [6.07, 6.45) is -1.20. The maximum atomic E-state index is 12.7.